The van der Waals surface area contributed by atoms with E-state index in [-0.39, 0.29) is 0 Å². The van der Waals surface area contributed by atoms with Crippen LogP contribution < -0.4 is 0 Å². The van der Waals surface area contributed by atoms with Crippen molar-refractivity contribution in [2.24, 2.45) is 5.92 Å². The molecule has 3 rings (SSSR count). The Labute approximate surface area is 118 Å². The number of likely N-dealkylation sites (tertiary alicyclic amines) is 1. The Morgan fingerprint density at radius 1 is 1.11 bits per heavy atom. The van der Waals surface area contributed by atoms with Crippen LogP contribution in [0.15, 0.2) is 0 Å². The summed E-state index contributed by atoms with van der Waals surface area (Å²) in [6.07, 6.45) is 7.74. The van der Waals surface area contributed by atoms with Crippen molar-refractivity contribution in [3.8, 4) is 0 Å². The fourth-order valence-electron chi connectivity index (χ4n) is 4.54. The number of morpholine rings is 1. The summed E-state index contributed by atoms with van der Waals surface area (Å²) in [5.74, 6) is 1.01. The molecule has 3 fully saturated rings. The first-order chi connectivity index (χ1) is 9.24. The van der Waals surface area contributed by atoms with Crippen LogP contribution in [0.5, 0.6) is 0 Å². The molecule has 0 radical (unpaired) electrons. The second-order valence-corrected chi connectivity index (χ2v) is 6.92. The fourth-order valence-corrected chi connectivity index (χ4v) is 4.54. The zero-order chi connectivity index (χ0) is 13.2. The Morgan fingerprint density at radius 2 is 1.95 bits per heavy atom. The summed E-state index contributed by atoms with van der Waals surface area (Å²) in [6.45, 7) is 10.3. The van der Waals surface area contributed by atoms with Crippen LogP contribution in [0.2, 0.25) is 0 Å². The van der Waals surface area contributed by atoms with Crippen LogP contribution in [0, 0.1) is 5.92 Å². The third-order valence-electron chi connectivity index (χ3n) is 5.50. The van der Waals surface area contributed by atoms with E-state index in [0.717, 1.165) is 37.7 Å². The molecule has 0 N–H and O–H groups in total. The summed E-state index contributed by atoms with van der Waals surface area (Å²) in [4.78, 5) is 5.42. The molecule has 2 heterocycles. The van der Waals surface area contributed by atoms with Crippen LogP contribution in [0.25, 0.3) is 0 Å². The molecule has 0 aromatic carbocycles. The maximum Gasteiger partial charge on any atom is 0.0674 e. The average molecular weight is 266 g/mol. The molecule has 0 spiro atoms. The van der Waals surface area contributed by atoms with Gasteiger partial charge in [0.15, 0.2) is 0 Å². The van der Waals surface area contributed by atoms with Gasteiger partial charge in [-0.15, -0.1) is 0 Å². The lowest BCUT2D eigenvalue weighted by molar-refractivity contribution is -0.0224. The Bertz CT molecular complexity index is 296. The third-order valence-corrected chi connectivity index (χ3v) is 5.50. The highest BCUT2D eigenvalue weighted by Gasteiger charge is 2.39. The van der Waals surface area contributed by atoms with Crippen LogP contribution >= 0.6 is 0 Å². The standard InChI is InChI=1S/C16H30N2O/c1-13-11-15-5-3-4-6-16(15)18(13)8-7-17-9-10-19-14(2)12-17/h13-16H,3-12H2,1-2H3/t13-,14-,15-,16+/m1/s1. The van der Waals surface area contributed by atoms with E-state index in [2.05, 4.69) is 23.6 Å². The Balaban J connectivity index is 1.51. The van der Waals surface area contributed by atoms with Crippen LogP contribution in [-0.2, 0) is 4.74 Å². The second-order valence-electron chi connectivity index (χ2n) is 6.92. The topological polar surface area (TPSA) is 15.7 Å². The lowest BCUT2D eigenvalue weighted by Crippen LogP contribution is -2.47. The summed E-state index contributed by atoms with van der Waals surface area (Å²) in [6, 6.07) is 1.72. The van der Waals surface area contributed by atoms with E-state index >= 15 is 0 Å². The van der Waals surface area contributed by atoms with Gasteiger partial charge in [-0.2, -0.15) is 0 Å². The summed E-state index contributed by atoms with van der Waals surface area (Å²) < 4.78 is 5.63. The smallest absolute Gasteiger partial charge is 0.0674 e. The minimum Gasteiger partial charge on any atom is -0.376 e. The minimum absolute atomic E-state index is 0.423. The van der Waals surface area contributed by atoms with Gasteiger partial charge in [0.2, 0.25) is 0 Å². The Kier molecular flexibility index (Phi) is 4.45. The molecule has 2 aliphatic heterocycles. The molecule has 19 heavy (non-hydrogen) atoms. The van der Waals surface area contributed by atoms with Crippen LogP contribution in [0.3, 0.4) is 0 Å². The minimum atomic E-state index is 0.423. The molecule has 2 saturated heterocycles. The summed E-state index contributed by atoms with van der Waals surface area (Å²) >= 11 is 0. The molecule has 1 aliphatic carbocycles. The van der Waals surface area contributed by atoms with Gasteiger partial charge in [0.25, 0.3) is 0 Å². The molecule has 3 heteroatoms. The quantitative estimate of drug-likeness (QED) is 0.780. The molecule has 3 nitrogen and oxygen atoms in total. The van der Waals surface area contributed by atoms with Gasteiger partial charge in [-0.3, -0.25) is 9.80 Å². The molecule has 0 bridgehead atoms. The first kappa shape index (κ1) is 13.8. The molecule has 0 aromatic heterocycles. The van der Waals surface area contributed by atoms with Crippen LogP contribution in [0.4, 0.5) is 0 Å². The van der Waals surface area contributed by atoms with E-state index in [1.54, 1.807) is 0 Å². The van der Waals surface area contributed by atoms with Gasteiger partial charge in [0.1, 0.15) is 0 Å². The maximum atomic E-state index is 5.63. The van der Waals surface area contributed by atoms with Gasteiger partial charge < -0.3 is 4.74 Å². The van der Waals surface area contributed by atoms with Crippen LogP contribution in [-0.4, -0.2) is 60.8 Å². The monoisotopic (exact) mass is 266 g/mol. The average Bonchev–Trinajstić information content (AvgIpc) is 2.72. The van der Waals surface area contributed by atoms with Crippen molar-refractivity contribution >= 4 is 0 Å². The first-order valence-corrected chi connectivity index (χ1v) is 8.33. The number of rotatable bonds is 3. The zero-order valence-electron chi connectivity index (χ0n) is 12.7. The molecule has 3 aliphatic rings. The molecular formula is C16H30N2O. The Hall–Kier alpha value is -0.120. The van der Waals surface area contributed by atoms with Gasteiger partial charge in [0, 0.05) is 38.3 Å². The van der Waals surface area contributed by atoms with Gasteiger partial charge in [-0.1, -0.05) is 12.8 Å². The van der Waals surface area contributed by atoms with Crippen molar-refractivity contribution in [1.82, 2.24) is 9.80 Å². The van der Waals surface area contributed by atoms with Gasteiger partial charge >= 0.3 is 0 Å². The van der Waals surface area contributed by atoms with E-state index in [1.165, 1.54) is 45.2 Å². The van der Waals surface area contributed by atoms with E-state index < -0.39 is 0 Å². The molecule has 0 aromatic rings. The number of hydrogen-bond acceptors (Lipinski definition) is 3. The van der Waals surface area contributed by atoms with E-state index in [9.17, 15) is 0 Å². The van der Waals surface area contributed by atoms with E-state index in [1.807, 2.05) is 0 Å². The van der Waals surface area contributed by atoms with Gasteiger partial charge in [-0.25, -0.2) is 0 Å². The largest absolute Gasteiger partial charge is 0.376 e. The van der Waals surface area contributed by atoms with Crippen molar-refractivity contribution < 1.29 is 4.74 Å². The van der Waals surface area contributed by atoms with E-state index in [4.69, 9.17) is 4.74 Å². The molecule has 4 atom stereocenters. The third kappa shape index (κ3) is 3.14. The first-order valence-electron chi connectivity index (χ1n) is 8.33. The van der Waals surface area contributed by atoms with Crippen molar-refractivity contribution in [1.29, 1.82) is 0 Å². The highest BCUT2D eigenvalue weighted by Crippen LogP contribution is 2.39. The summed E-state index contributed by atoms with van der Waals surface area (Å²) in [5, 5.41) is 0. The molecule has 110 valence electrons. The highest BCUT2D eigenvalue weighted by molar-refractivity contribution is 4.94. The lowest BCUT2D eigenvalue weighted by Gasteiger charge is -2.36. The zero-order valence-corrected chi connectivity index (χ0v) is 12.7. The number of nitrogens with zero attached hydrogens (tertiary/aromatic N) is 2. The predicted octanol–water partition coefficient (Wildman–Crippen LogP) is 2.36. The number of fused-ring (bicyclic) bond motifs is 1. The van der Waals surface area contributed by atoms with Crippen molar-refractivity contribution in [2.75, 3.05) is 32.8 Å². The molecule has 1 saturated carbocycles. The normalized spacial score (nSPS) is 41.4. The predicted molar refractivity (Wildman–Crippen MR) is 78.4 cm³/mol. The van der Waals surface area contributed by atoms with Gasteiger partial charge in [-0.05, 0) is 39.0 Å². The van der Waals surface area contributed by atoms with E-state index in [0.29, 0.717) is 6.10 Å². The Morgan fingerprint density at radius 3 is 2.79 bits per heavy atom. The summed E-state index contributed by atoms with van der Waals surface area (Å²) in [7, 11) is 0. The lowest BCUT2D eigenvalue weighted by atomic mass is 9.85. The number of hydrogen-bond donors (Lipinski definition) is 0. The maximum absolute atomic E-state index is 5.63. The van der Waals surface area contributed by atoms with Crippen LogP contribution in [0.1, 0.15) is 46.0 Å². The molecule has 0 unspecified atom stereocenters. The second kappa shape index (κ2) is 6.11. The van der Waals surface area contributed by atoms with Crippen molar-refractivity contribution in [3.63, 3.8) is 0 Å². The molecule has 0 amide bonds. The fraction of sp³-hybridized carbons (Fsp3) is 1.00. The van der Waals surface area contributed by atoms with Crippen molar-refractivity contribution in [3.05, 3.63) is 0 Å². The van der Waals surface area contributed by atoms with Gasteiger partial charge in [0.05, 0.1) is 12.7 Å². The molecular weight excluding hydrogens is 236 g/mol. The van der Waals surface area contributed by atoms with Crippen molar-refractivity contribution in [2.45, 2.75) is 64.1 Å². The SMILES string of the molecule is C[C@@H]1CN(CCN2[C@H](C)C[C@H]3CCCC[C@@H]32)CCO1. The number of ether oxygens (including phenoxy) is 1. The summed E-state index contributed by atoms with van der Waals surface area (Å²) in [5.41, 5.74) is 0. The highest BCUT2D eigenvalue weighted by atomic mass is 16.5.